The first-order valence-electron chi connectivity index (χ1n) is 24.8. The normalized spacial score (nSPS) is 13.4. The summed E-state index contributed by atoms with van der Waals surface area (Å²) in [5.74, 6) is 0.634. The topological polar surface area (TPSA) is 9.86 Å². The van der Waals surface area contributed by atoms with Crippen LogP contribution in [0.15, 0.2) is 249 Å². The Labute approximate surface area is 405 Å². The number of para-hydroxylation sites is 2. The molecule has 1 aliphatic rings. The van der Waals surface area contributed by atoms with E-state index in [0.29, 0.717) is 5.92 Å². The van der Waals surface area contributed by atoms with E-state index in [1.165, 1.54) is 130 Å². The monoisotopic (exact) mass is 900 g/mol. The second-order valence-corrected chi connectivity index (χ2v) is 22.9. The van der Waals surface area contributed by atoms with Crippen molar-refractivity contribution in [3.05, 3.63) is 254 Å². The van der Waals surface area contributed by atoms with Crippen LogP contribution in [0.4, 0.5) is 0 Å². The Kier molecular flexibility index (Phi) is 10.3. The highest BCUT2D eigenvalue weighted by Gasteiger charge is 2.42. The van der Waals surface area contributed by atoms with Gasteiger partial charge < -0.3 is 9.13 Å². The number of rotatable bonds is 9. The summed E-state index contributed by atoms with van der Waals surface area (Å²) in [5.41, 5.74) is 13.6. The molecule has 12 aromatic rings. The van der Waals surface area contributed by atoms with Gasteiger partial charge in [-0.1, -0.05) is 213 Å². The van der Waals surface area contributed by atoms with Crippen molar-refractivity contribution in [1.82, 2.24) is 9.13 Å². The quantitative estimate of drug-likeness (QED) is 0.101. The number of aromatic nitrogens is 2. The summed E-state index contributed by atoms with van der Waals surface area (Å²) in [6.07, 6.45) is 6.58. The first kappa shape index (κ1) is 41.2. The first-order valence-corrected chi connectivity index (χ1v) is 26.8. The molecule has 2 heterocycles. The van der Waals surface area contributed by atoms with E-state index in [4.69, 9.17) is 0 Å². The number of nitrogens with zero attached hydrogens (tertiary/aromatic N) is 2. The summed E-state index contributed by atoms with van der Waals surface area (Å²) in [5, 5.41) is 10.5. The predicted octanol–water partition coefficient (Wildman–Crippen LogP) is 14.6. The van der Waals surface area contributed by atoms with Crippen molar-refractivity contribution >= 4 is 72.4 Å². The average Bonchev–Trinajstić information content (AvgIpc) is 3.94. The van der Waals surface area contributed by atoms with Crippen LogP contribution in [0, 0.1) is 0 Å². The smallest absolute Gasteiger partial charge is 0.179 e. The SMILES string of the molecule is c1ccc(-c2cc(-c3ccccc3)cc([Si](c3ccccc3)(c3ccccc3)c3cccc(-n4c5ccccc5c5cc(-n6c7ccccc7c7ccc(C8CCCCC8)cc76)ccc54)c3)c2)cc1. The molecule has 0 amide bonds. The standard InChI is InChI=1S/C66H52N2Si/c1-6-21-47(22-7-1)50-37-39-61-59-33-16-18-35-63(59)68(66(61)44-50)54-38-40-65-62(46-54)60-34-17-19-36-64(60)67(65)53-27-20-32-57(45-53)69(55-28-12-4-13-29-55,56-30-14-5-15-31-56)58-42-51(48-23-8-2-9-24-48)41-52(43-58)49-25-10-3-11-26-49/h2-5,8-20,23-47H,1,6-7,21-22H2. The van der Waals surface area contributed by atoms with Crippen LogP contribution in [0.3, 0.4) is 0 Å². The maximum Gasteiger partial charge on any atom is 0.179 e. The molecule has 13 rings (SSSR count). The van der Waals surface area contributed by atoms with Crippen LogP contribution >= 0.6 is 0 Å². The fraction of sp³-hybridized carbons (Fsp3) is 0.0909. The lowest BCUT2D eigenvalue weighted by Gasteiger charge is -2.35. The van der Waals surface area contributed by atoms with Crippen LogP contribution < -0.4 is 20.7 Å². The molecule has 69 heavy (non-hydrogen) atoms. The van der Waals surface area contributed by atoms with E-state index in [1.54, 1.807) is 0 Å². The molecule has 0 atom stereocenters. The van der Waals surface area contributed by atoms with Gasteiger partial charge in [0.05, 0.1) is 22.1 Å². The molecule has 10 aromatic carbocycles. The van der Waals surface area contributed by atoms with Crippen molar-refractivity contribution in [3.8, 4) is 33.6 Å². The minimum Gasteiger partial charge on any atom is -0.309 e. The molecular weight excluding hydrogens is 849 g/mol. The summed E-state index contributed by atoms with van der Waals surface area (Å²) in [4.78, 5) is 0. The van der Waals surface area contributed by atoms with Crippen molar-refractivity contribution in [2.45, 2.75) is 38.0 Å². The van der Waals surface area contributed by atoms with Crippen molar-refractivity contribution in [3.63, 3.8) is 0 Å². The molecule has 0 unspecified atom stereocenters. The summed E-state index contributed by atoms with van der Waals surface area (Å²) in [7, 11) is -3.04. The third kappa shape index (κ3) is 6.99. The fourth-order valence-electron chi connectivity index (χ4n) is 12.0. The van der Waals surface area contributed by atoms with Crippen molar-refractivity contribution in [1.29, 1.82) is 0 Å². The van der Waals surface area contributed by atoms with Crippen molar-refractivity contribution in [2.75, 3.05) is 0 Å². The third-order valence-corrected chi connectivity index (χ3v) is 20.0. The molecule has 1 fully saturated rings. The lowest BCUT2D eigenvalue weighted by Crippen LogP contribution is -2.74. The Morgan fingerprint density at radius 3 is 1.41 bits per heavy atom. The van der Waals surface area contributed by atoms with Crippen LogP contribution in [0.2, 0.25) is 0 Å². The molecule has 0 saturated heterocycles. The Morgan fingerprint density at radius 1 is 0.290 bits per heavy atom. The molecular formula is C66H52N2Si. The van der Waals surface area contributed by atoms with Gasteiger partial charge in [-0.3, -0.25) is 0 Å². The average molecular weight is 901 g/mol. The van der Waals surface area contributed by atoms with Crippen LogP contribution in [0.1, 0.15) is 43.6 Å². The Morgan fingerprint density at radius 2 is 0.783 bits per heavy atom. The van der Waals surface area contributed by atoms with E-state index in [0.717, 1.165) is 5.69 Å². The van der Waals surface area contributed by atoms with E-state index in [-0.39, 0.29) is 0 Å². The number of fused-ring (bicyclic) bond motifs is 6. The van der Waals surface area contributed by atoms with Gasteiger partial charge in [0.1, 0.15) is 0 Å². The molecule has 0 bridgehead atoms. The molecule has 3 heteroatoms. The summed E-state index contributed by atoms with van der Waals surface area (Å²) in [6.45, 7) is 0. The van der Waals surface area contributed by atoms with Gasteiger partial charge in [0.2, 0.25) is 0 Å². The van der Waals surface area contributed by atoms with E-state index in [9.17, 15) is 0 Å². The largest absolute Gasteiger partial charge is 0.309 e. The Bertz CT molecular complexity index is 3710. The molecule has 0 aliphatic heterocycles. The summed E-state index contributed by atoms with van der Waals surface area (Å²) < 4.78 is 5.03. The van der Waals surface area contributed by atoms with Gasteiger partial charge in [0, 0.05) is 32.9 Å². The Balaban J connectivity index is 1.04. The molecule has 1 saturated carbocycles. The highest BCUT2D eigenvalue weighted by atomic mass is 28.3. The predicted molar refractivity (Wildman–Crippen MR) is 295 cm³/mol. The van der Waals surface area contributed by atoms with Crippen molar-refractivity contribution in [2.24, 2.45) is 0 Å². The number of benzene rings is 10. The minimum absolute atomic E-state index is 0.634. The molecule has 330 valence electrons. The van der Waals surface area contributed by atoms with E-state index in [1.807, 2.05) is 0 Å². The van der Waals surface area contributed by atoms with E-state index >= 15 is 0 Å². The van der Waals surface area contributed by atoms with Gasteiger partial charge in [-0.15, -0.1) is 0 Å². The summed E-state index contributed by atoms with van der Waals surface area (Å²) in [6, 6.07) is 93.8. The second-order valence-electron chi connectivity index (χ2n) is 19.1. The molecule has 1 aliphatic carbocycles. The molecule has 2 nitrogen and oxygen atoms in total. The molecule has 0 N–H and O–H groups in total. The number of hydrogen-bond acceptors (Lipinski definition) is 0. The zero-order chi connectivity index (χ0) is 45.7. The van der Waals surface area contributed by atoms with Crippen molar-refractivity contribution < 1.29 is 0 Å². The summed E-state index contributed by atoms with van der Waals surface area (Å²) >= 11 is 0. The number of hydrogen-bond donors (Lipinski definition) is 0. The second kappa shape index (κ2) is 17.3. The van der Waals surface area contributed by atoms with Gasteiger partial charge in [-0.05, 0) is 122 Å². The van der Waals surface area contributed by atoms with Gasteiger partial charge in [-0.25, -0.2) is 0 Å². The zero-order valence-corrected chi connectivity index (χ0v) is 39.7. The maximum atomic E-state index is 2.52. The van der Waals surface area contributed by atoms with E-state index in [2.05, 4.69) is 258 Å². The molecule has 2 aromatic heterocycles. The van der Waals surface area contributed by atoms with Gasteiger partial charge in [-0.2, -0.15) is 0 Å². The lowest BCUT2D eigenvalue weighted by molar-refractivity contribution is 0.444. The highest BCUT2D eigenvalue weighted by molar-refractivity contribution is 7.20. The highest BCUT2D eigenvalue weighted by Crippen LogP contribution is 2.40. The lowest BCUT2D eigenvalue weighted by atomic mass is 9.84. The molecule has 0 spiro atoms. The maximum absolute atomic E-state index is 3.04. The first-order chi connectivity index (χ1) is 34.2. The fourth-order valence-corrected chi connectivity index (χ4v) is 16.9. The zero-order valence-electron chi connectivity index (χ0n) is 38.7. The van der Waals surface area contributed by atoms with Crippen LogP contribution in [-0.2, 0) is 0 Å². The van der Waals surface area contributed by atoms with Crippen LogP contribution in [-0.4, -0.2) is 17.2 Å². The van der Waals surface area contributed by atoms with Gasteiger partial charge in [0.15, 0.2) is 8.07 Å². The van der Waals surface area contributed by atoms with Crippen LogP contribution in [0.25, 0.3) is 77.2 Å². The minimum atomic E-state index is -3.04. The van der Waals surface area contributed by atoms with Gasteiger partial charge in [0.25, 0.3) is 0 Å². The van der Waals surface area contributed by atoms with Gasteiger partial charge >= 0.3 is 0 Å². The third-order valence-electron chi connectivity index (χ3n) is 15.2. The van der Waals surface area contributed by atoms with E-state index < -0.39 is 8.07 Å². The molecule has 0 radical (unpaired) electrons. The van der Waals surface area contributed by atoms with Crippen LogP contribution in [0.5, 0.6) is 0 Å². The Hall–Kier alpha value is -7.98.